The van der Waals surface area contributed by atoms with E-state index in [4.69, 9.17) is 10.5 Å². The largest absolute Gasteiger partial charge is 0.490 e. The first-order valence-electron chi connectivity index (χ1n) is 7.15. The third-order valence-corrected chi connectivity index (χ3v) is 3.74. The number of nitrogens with two attached hydrogens (primary N) is 1. The molecule has 3 nitrogen and oxygen atoms in total. The number of para-hydroxylation sites is 3. The molecule has 0 bridgehead atoms. The fourth-order valence-corrected chi connectivity index (χ4v) is 2.72. The number of nitrogen functional groups attached to an aromatic ring is 1. The van der Waals surface area contributed by atoms with Gasteiger partial charge in [-0.1, -0.05) is 30.3 Å². The average Bonchev–Trinajstić information content (AvgIpc) is 2.49. The van der Waals surface area contributed by atoms with Gasteiger partial charge in [-0.3, -0.25) is 0 Å². The van der Waals surface area contributed by atoms with Crippen LogP contribution >= 0.6 is 0 Å². The zero-order chi connectivity index (χ0) is 13.8. The number of anilines is 2. The highest BCUT2D eigenvalue weighted by atomic mass is 16.5. The van der Waals surface area contributed by atoms with Gasteiger partial charge in [-0.05, 0) is 36.6 Å². The second-order valence-electron chi connectivity index (χ2n) is 5.11. The Bertz CT molecular complexity index is 583. The summed E-state index contributed by atoms with van der Waals surface area (Å²) in [4.78, 5) is 2.40. The van der Waals surface area contributed by atoms with Gasteiger partial charge in [-0.15, -0.1) is 0 Å². The number of nitrogens with zero attached hydrogens (tertiary/aromatic N) is 1. The predicted octanol–water partition coefficient (Wildman–Crippen LogP) is 3.10. The van der Waals surface area contributed by atoms with Crippen molar-refractivity contribution < 1.29 is 4.74 Å². The molecule has 0 spiro atoms. The first-order chi connectivity index (χ1) is 9.84. The minimum absolute atomic E-state index is 0.655. The van der Waals surface area contributed by atoms with Crippen LogP contribution in [0, 0.1) is 0 Å². The lowest BCUT2D eigenvalue weighted by molar-refractivity contribution is 0.324. The van der Waals surface area contributed by atoms with E-state index >= 15 is 0 Å². The van der Waals surface area contributed by atoms with Crippen LogP contribution in [0.15, 0.2) is 48.5 Å². The molecule has 2 aromatic rings. The van der Waals surface area contributed by atoms with Crippen LogP contribution in [0.3, 0.4) is 0 Å². The fourth-order valence-electron chi connectivity index (χ4n) is 2.72. The van der Waals surface area contributed by atoms with Crippen LogP contribution in [0.25, 0.3) is 0 Å². The lowest BCUT2D eigenvalue weighted by atomic mass is 10.0. The van der Waals surface area contributed by atoms with Gasteiger partial charge in [0.2, 0.25) is 0 Å². The Balaban J connectivity index is 1.61. The van der Waals surface area contributed by atoms with Crippen LogP contribution < -0.4 is 15.4 Å². The van der Waals surface area contributed by atoms with Crippen molar-refractivity contribution in [1.82, 2.24) is 0 Å². The van der Waals surface area contributed by atoms with Gasteiger partial charge in [0.25, 0.3) is 0 Å². The molecular weight excluding hydrogens is 248 g/mol. The van der Waals surface area contributed by atoms with E-state index < -0.39 is 0 Å². The Morgan fingerprint density at radius 2 is 1.85 bits per heavy atom. The zero-order valence-electron chi connectivity index (χ0n) is 11.6. The van der Waals surface area contributed by atoms with Gasteiger partial charge in [0.1, 0.15) is 12.4 Å². The highest BCUT2D eigenvalue weighted by Crippen LogP contribution is 2.26. The molecule has 104 valence electrons. The molecule has 0 radical (unpaired) electrons. The monoisotopic (exact) mass is 268 g/mol. The zero-order valence-corrected chi connectivity index (χ0v) is 11.6. The van der Waals surface area contributed by atoms with E-state index in [2.05, 4.69) is 29.2 Å². The van der Waals surface area contributed by atoms with Gasteiger partial charge < -0.3 is 15.4 Å². The molecule has 3 heteroatoms. The van der Waals surface area contributed by atoms with Gasteiger partial charge in [0, 0.05) is 12.2 Å². The first kappa shape index (κ1) is 12.9. The van der Waals surface area contributed by atoms with Gasteiger partial charge in [0.15, 0.2) is 0 Å². The third-order valence-electron chi connectivity index (χ3n) is 3.74. The lowest BCUT2D eigenvalue weighted by Gasteiger charge is -2.31. The number of fused-ring (bicyclic) bond motifs is 1. The van der Waals surface area contributed by atoms with Gasteiger partial charge in [-0.2, -0.15) is 0 Å². The van der Waals surface area contributed by atoms with Crippen LogP contribution in [-0.2, 0) is 6.42 Å². The maximum atomic E-state index is 5.88. The minimum Gasteiger partial charge on any atom is -0.490 e. The molecular formula is C17H20N2O. The van der Waals surface area contributed by atoms with Crippen molar-refractivity contribution in [3.8, 4) is 5.75 Å². The quantitative estimate of drug-likeness (QED) is 0.866. The molecule has 0 aliphatic carbocycles. The maximum absolute atomic E-state index is 5.88. The Morgan fingerprint density at radius 3 is 2.75 bits per heavy atom. The van der Waals surface area contributed by atoms with E-state index in [-0.39, 0.29) is 0 Å². The van der Waals surface area contributed by atoms with Crippen molar-refractivity contribution in [2.24, 2.45) is 0 Å². The summed E-state index contributed by atoms with van der Waals surface area (Å²) in [5.74, 6) is 0.776. The van der Waals surface area contributed by atoms with Crippen molar-refractivity contribution in [2.45, 2.75) is 12.8 Å². The van der Waals surface area contributed by atoms with E-state index in [1.807, 2.05) is 24.3 Å². The molecule has 0 unspecified atom stereocenters. The van der Waals surface area contributed by atoms with Crippen molar-refractivity contribution in [2.75, 3.05) is 30.3 Å². The van der Waals surface area contributed by atoms with E-state index in [9.17, 15) is 0 Å². The molecule has 3 rings (SSSR count). The Labute approximate surface area is 120 Å². The van der Waals surface area contributed by atoms with E-state index in [1.54, 1.807) is 0 Å². The van der Waals surface area contributed by atoms with Crippen molar-refractivity contribution in [1.29, 1.82) is 0 Å². The molecule has 2 aromatic carbocycles. The summed E-state index contributed by atoms with van der Waals surface area (Å²) in [7, 11) is 0. The van der Waals surface area contributed by atoms with Crippen molar-refractivity contribution in [3.63, 3.8) is 0 Å². The van der Waals surface area contributed by atoms with Crippen LogP contribution in [-0.4, -0.2) is 19.7 Å². The molecule has 20 heavy (non-hydrogen) atoms. The standard InChI is InChI=1S/C17H20N2O/c18-15-8-2-4-10-17(15)20-13-12-19-11-5-7-14-6-1-3-9-16(14)19/h1-4,6,8-10H,5,7,11-13,18H2. The molecule has 0 aromatic heterocycles. The van der Waals surface area contributed by atoms with Crippen LogP contribution in [0.4, 0.5) is 11.4 Å². The number of hydrogen-bond donors (Lipinski definition) is 1. The SMILES string of the molecule is Nc1ccccc1OCCN1CCCc2ccccc21. The Morgan fingerprint density at radius 1 is 1.05 bits per heavy atom. The molecule has 0 amide bonds. The predicted molar refractivity (Wildman–Crippen MR) is 83.3 cm³/mol. The lowest BCUT2D eigenvalue weighted by Crippen LogP contribution is -2.33. The van der Waals surface area contributed by atoms with Gasteiger partial charge in [0.05, 0.1) is 12.2 Å². The second-order valence-corrected chi connectivity index (χ2v) is 5.11. The fraction of sp³-hybridized carbons (Fsp3) is 0.294. The Hall–Kier alpha value is -2.16. The first-order valence-corrected chi connectivity index (χ1v) is 7.15. The topological polar surface area (TPSA) is 38.5 Å². The smallest absolute Gasteiger partial charge is 0.142 e. The normalized spacial score (nSPS) is 13.9. The number of rotatable bonds is 4. The molecule has 0 atom stereocenters. The number of hydrogen-bond acceptors (Lipinski definition) is 3. The highest BCUT2D eigenvalue weighted by molar-refractivity contribution is 5.55. The average molecular weight is 268 g/mol. The van der Waals surface area contributed by atoms with E-state index in [0.717, 1.165) is 18.8 Å². The van der Waals surface area contributed by atoms with Crippen molar-refractivity contribution >= 4 is 11.4 Å². The summed E-state index contributed by atoms with van der Waals surface area (Å²) in [5.41, 5.74) is 9.37. The molecule has 0 saturated heterocycles. The number of aryl methyl sites for hydroxylation is 1. The maximum Gasteiger partial charge on any atom is 0.142 e. The number of ether oxygens (including phenoxy) is 1. The van der Waals surface area contributed by atoms with Crippen LogP contribution in [0.1, 0.15) is 12.0 Å². The molecule has 2 N–H and O–H groups in total. The number of benzene rings is 2. The highest BCUT2D eigenvalue weighted by Gasteiger charge is 2.15. The third kappa shape index (κ3) is 2.72. The summed E-state index contributed by atoms with van der Waals surface area (Å²) in [6.45, 7) is 2.65. The molecule has 1 heterocycles. The summed E-state index contributed by atoms with van der Waals surface area (Å²) >= 11 is 0. The van der Waals surface area contributed by atoms with Crippen LogP contribution in [0.5, 0.6) is 5.75 Å². The van der Waals surface area contributed by atoms with E-state index in [1.165, 1.54) is 24.1 Å². The molecule has 1 aliphatic heterocycles. The minimum atomic E-state index is 0.655. The molecule has 1 aliphatic rings. The second kappa shape index (κ2) is 5.87. The molecule has 0 saturated carbocycles. The van der Waals surface area contributed by atoms with Crippen molar-refractivity contribution in [3.05, 3.63) is 54.1 Å². The summed E-state index contributed by atoms with van der Waals surface area (Å²) in [5, 5.41) is 0. The summed E-state index contributed by atoms with van der Waals surface area (Å²) < 4.78 is 5.79. The summed E-state index contributed by atoms with van der Waals surface area (Å²) in [6.07, 6.45) is 2.39. The van der Waals surface area contributed by atoms with Gasteiger partial charge >= 0.3 is 0 Å². The van der Waals surface area contributed by atoms with Gasteiger partial charge in [-0.25, -0.2) is 0 Å². The Kier molecular flexibility index (Phi) is 3.77. The van der Waals surface area contributed by atoms with Crippen LogP contribution in [0.2, 0.25) is 0 Å². The molecule has 0 fully saturated rings. The summed E-state index contributed by atoms with van der Waals surface area (Å²) in [6, 6.07) is 16.3. The van der Waals surface area contributed by atoms with E-state index in [0.29, 0.717) is 12.3 Å².